The highest BCUT2D eigenvalue weighted by molar-refractivity contribution is 6.07. The lowest BCUT2D eigenvalue weighted by atomic mass is 9.81. The van der Waals surface area contributed by atoms with Crippen LogP contribution in [0.1, 0.15) is 25.3 Å². The van der Waals surface area contributed by atoms with Gasteiger partial charge in [-0.25, -0.2) is 0 Å². The molecule has 25 heavy (non-hydrogen) atoms. The van der Waals surface area contributed by atoms with Crippen molar-refractivity contribution in [2.75, 3.05) is 0 Å². The molecular weight excluding hydrogens is 324 g/mol. The van der Waals surface area contributed by atoms with Crippen molar-refractivity contribution in [2.45, 2.75) is 45.0 Å². The van der Waals surface area contributed by atoms with E-state index in [9.17, 15) is 14.4 Å². The molecule has 1 N–H and O–H groups in total. The normalized spacial score (nSPS) is 31.2. The summed E-state index contributed by atoms with van der Waals surface area (Å²) in [5.41, 5.74) is 3.44. The summed E-state index contributed by atoms with van der Waals surface area (Å²) in [4.78, 5) is 37.4. The summed E-state index contributed by atoms with van der Waals surface area (Å²) < 4.78 is 11.3. The lowest BCUT2D eigenvalue weighted by molar-refractivity contribution is -0.153. The van der Waals surface area contributed by atoms with E-state index in [0.29, 0.717) is 5.75 Å². The number of carbonyl (C=O) groups is 3. The molecule has 3 saturated heterocycles. The van der Waals surface area contributed by atoms with Gasteiger partial charge >= 0.3 is 0 Å². The summed E-state index contributed by atoms with van der Waals surface area (Å²) in [6.07, 6.45) is 0.346. The van der Waals surface area contributed by atoms with Crippen LogP contribution in [0, 0.1) is 18.8 Å². The predicted molar refractivity (Wildman–Crippen MR) is 86.1 cm³/mol. The molecule has 0 unspecified atom stereocenters. The summed E-state index contributed by atoms with van der Waals surface area (Å²) in [5, 5.41) is 0.863. The lowest BCUT2D eigenvalue weighted by Gasteiger charge is -2.21. The van der Waals surface area contributed by atoms with Gasteiger partial charge in [0.1, 0.15) is 5.75 Å². The predicted octanol–water partition coefficient (Wildman–Crippen LogP) is 0.956. The Morgan fingerprint density at radius 2 is 1.88 bits per heavy atom. The molecule has 0 saturated carbocycles. The highest BCUT2D eigenvalue weighted by Gasteiger charge is 2.63. The van der Waals surface area contributed by atoms with E-state index in [-0.39, 0.29) is 24.0 Å². The van der Waals surface area contributed by atoms with Gasteiger partial charge in [0.15, 0.2) is 6.10 Å². The maximum absolute atomic E-state index is 12.5. The minimum Gasteiger partial charge on any atom is -0.481 e. The number of amides is 3. The fourth-order valence-electron chi connectivity index (χ4n) is 3.97. The van der Waals surface area contributed by atoms with E-state index in [1.54, 1.807) is 13.0 Å². The van der Waals surface area contributed by atoms with Gasteiger partial charge in [0, 0.05) is 0 Å². The van der Waals surface area contributed by atoms with Crippen LogP contribution in [0.5, 0.6) is 5.75 Å². The van der Waals surface area contributed by atoms with Crippen LogP contribution in [0.25, 0.3) is 0 Å². The molecule has 3 aliphatic rings. The summed E-state index contributed by atoms with van der Waals surface area (Å²) in [5.74, 6) is -1.64. The zero-order valence-corrected chi connectivity index (χ0v) is 14.1. The van der Waals surface area contributed by atoms with E-state index in [1.165, 1.54) is 0 Å². The molecule has 3 aliphatic heterocycles. The van der Waals surface area contributed by atoms with E-state index in [0.717, 1.165) is 23.4 Å². The Bertz CT molecular complexity index is 721. The summed E-state index contributed by atoms with van der Waals surface area (Å²) in [6, 6.07) is 7.33. The van der Waals surface area contributed by atoms with Crippen LogP contribution in [0.4, 0.5) is 0 Å². The van der Waals surface area contributed by atoms with Crippen LogP contribution < -0.4 is 10.2 Å². The van der Waals surface area contributed by atoms with Crippen molar-refractivity contribution < 1.29 is 23.9 Å². The second kappa shape index (κ2) is 5.84. The molecule has 7 heteroatoms. The second-order valence-electron chi connectivity index (χ2n) is 6.91. The molecule has 0 aromatic heterocycles. The van der Waals surface area contributed by atoms with Crippen LogP contribution >= 0.6 is 0 Å². The first-order chi connectivity index (χ1) is 12.0. The molecule has 4 rings (SSSR count). The van der Waals surface area contributed by atoms with E-state index in [1.807, 2.05) is 25.1 Å². The molecule has 3 amide bonds. The fraction of sp³-hybridized carbons (Fsp3) is 0.500. The number of imide groups is 1. The SMILES string of the molecule is Cc1cccc(O[C@@H](C)C(=O)NN2C(=O)[C@@H]3[C@H](C2=O)[C@H]2CC[C@H]3O2)c1. The van der Waals surface area contributed by atoms with Gasteiger partial charge in [0.05, 0.1) is 24.0 Å². The Balaban J connectivity index is 1.42. The van der Waals surface area contributed by atoms with Crippen LogP contribution in [0.15, 0.2) is 24.3 Å². The number of rotatable bonds is 4. The third-order valence-corrected chi connectivity index (χ3v) is 5.18. The molecule has 3 heterocycles. The Morgan fingerprint density at radius 1 is 1.24 bits per heavy atom. The summed E-state index contributed by atoms with van der Waals surface area (Å²) >= 11 is 0. The molecule has 0 radical (unpaired) electrons. The second-order valence-corrected chi connectivity index (χ2v) is 6.91. The van der Waals surface area contributed by atoms with Gasteiger partial charge in [-0.15, -0.1) is 0 Å². The third kappa shape index (κ3) is 2.59. The Hall–Kier alpha value is -2.41. The van der Waals surface area contributed by atoms with Crippen molar-refractivity contribution in [3.8, 4) is 5.75 Å². The minimum atomic E-state index is -0.837. The number of nitrogens with one attached hydrogen (secondary N) is 1. The van der Waals surface area contributed by atoms with Crippen LogP contribution in [-0.4, -0.2) is 41.0 Å². The number of aryl methyl sites for hydroxylation is 1. The standard InChI is InChI=1S/C18H20N2O5/c1-9-4-3-5-11(8-9)24-10(2)16(21)19-20-17(22)14-12-6-7-13(25-12)15(14)18(20)23/h3-5,8,10,12-15H,6-7H2,1-2H3,(H,19,21)/t10-,12+,13+,14-,15+/m0/s1. The minimum absolute atomic E-state index is 0.200. The van der Waals surface area contributed by atoms with Gasteiger partial charge in [-0.3, -0.25) is 19.8 Å². The number of fused-ring (bicyclic) bond motifs is 5. The average molecular weight is 344 g/mol. The van der Waals surface area contributed by atoms with Gasteiger partial charge in [-0.1, -0.05) is 12.1 Å². The first-order valence-corrected chi connectivity index (χ1v) is 8.53. The van der Waals surface area contributed by atoms with Gasteiger partial charge in [-0.05, 0) is 44.4 Å². The van der Waals surface area contributed by atoms with Crippen molar-refractivity contribution in [3.05, 3.63) is 29.8 Å². The molecule has 5 atom stereocenters. The molecule has 0 aliphatic carbocycles. The highest BCUT2D eigenvalue weighted by atomic mass is 16.5. The smallest absolute Gasteiger partial charge is 0.279 e. The maximum Gasteiger partial charge on any atom is 0.279 e. The number of hydrazine groups is 1. The zero-order valence-electron chi connectivity index (χ0n) is 14.1. The lowest BCUT2D eigenvalue weighted by Crippen LogP contribution is -2.51. The van der Waals surface area contributed by atoms with Gasteiger partial charge < -0.3 is 9.47 Å². The number of ether oxygens (including phenoxy) is 2. The molecule has 0 spiro atoms. The number of nitrogens with zero attached hydrogens (tertiary/aromatic N) is 1. The van der Waals surface area contributed by atoms with Crippen molar-refractivity contribution in [1.82, 2.24) is 10.4 Å². The summed E-state index contributed by atoms with van der Waals surface area (Å²) in [6.45, 7) is 3.50. The molecule has 1 aromatic rings. The number of carbonyl (C=O) groups excluding carboxylic acids is 3. The molecule has 3 fully saturated rings. The number of benzene rings is 1. The van der Waals surface area contributed by atoms with Gasteiger partial charge in [-0.2, -0.15) is 5.01 Å². The van der Waals surface area contributed by atoms with Crippen molar-refractivity contribution >= 4 is 17.7 Å². The molecule has 1 aromatic carbocycles. The topological polar surface area (TPSA) is 84.9 Å². The Kier molecular flexibility index (Phi) is 3.76. The van der Waals surface area contributed by atoms with Gasteiger partial charge in [0.2, 0.25) is 0 Å². The maximum atomic E-state index is 12.5. The fourth-order valence-corrected chi connectivity index (χ4v) is 3.97. The van der Waals surface area contributed by atoms with Crippen LogP contribution in [0.3, 0.4) is 0 Å². The van der Waals surface area contributed by atoms with Crippen molar-refractivity contribution in [1.29, 1.82) is 0 Å². The zero-order chi connectivity index (χ0) is 17.7. The third-order valence-electron chi connectivity index (χ3n) is 5.18. The van der Waals surface area contributed by atoms with E-state index in [2.05, 4.69) is 5.43 Å². The van der Waals surface area contributed by atoms with Crippen molar-refractivity contribution in [3.63, 3.8) is 0 Å². The van der Waals surface area contributed by atoms with E-state index < -0.39 is 23.8 Å². The highest BCUT2D eigenvalue weighted by Crippen LogP contribution is 2.48. The van der Waals surface area contributed by atoms with Crippen LogP contribution in [0.2, 0.25) is 0 Å². The van der Waals surface area contributed by atoms with E-state index in [4.69, 9.17) is 9.47 Å². The number of hydrogen-bond donors (Lipinski definition) is 1. The monoisotopic (exact) mass is 344 g/mol. The molecule has 7 nitrogen and oxygen atoms in total. The molecule has 132 valence electrons. The van der Waals surface area contributed by atoms with E-state index >= 15 is 0 Å². The Labute approximate surface area is 145 Å². The Morgan fingerprint density at radius 3 is 2.48 bits per heavy atom. The average Bonchev–Trinajstić information content (AvgIpc) is 3.24. The van der Waals surface area contributed by atoms with Crippen LogP contribution in [-0.2, 0) is 19.1 Å². The largest absolute Gasteiger partial charge is 0.481 e. The van der Waals surface area contributed by atoms with Crippen molar-refractivity contribution in [2.24, 2.45) is 11.8 Å². The molecular formula is C18H20N2O5. The summed E-state index contributed by atoms with van der Waals surface area (Å²) in [7, 11) is 0. The van der Waals surface area contributed by atoms with Gasteiger partial charge in [0.25, 0.3) is 17.7 Å². The molecule has 2 bridgehead atoms. The first-order valence-electron chi connectivity index (χ1n) is 8.53. The number of hydrogen-bond acceptors (Lipinski definition) is 5. The quantitative estimate of drug-likeness (QED) is 0.822. The first kappa shape index (κ1) is 16.1.